The van der Waals surface area contributed by atoms with Crippen LogP contribution >= 0.6 is 36.4 Å². The molecule has 1 aromatic rings. The second kappa shape index (κ2) is 9.68. The van der Waals surface area contributed by atoms with Gasteiger partial charge in [0, 0.05) is 31.9 Å². The van der Waals surface area contributed by atoms with Crippen LogP contribution in [0.2, 0.25) is 5.02 Å². The summed E-state index contributed by atoms with van der Waals surface area (Å²) in [6.45, 7) is 4.76. The first-order valence-electron chi connectivity index (χ1n) is 6.91. The molecule has 0 spiro atoms. The molecule has 2 N–H and O–H groups in total. The Kier molecular flexibility index (Phi) is 9.38. The monoisotopic (exact) mass is 407 g/mol. The van der Waals surface area contributed by atoms with Gasteiger partial charge in [-0.3, -0.25) is 9.69 Å². The molecule has 1 unspecified atom stereocenters. The van der Waals surface area contributed by atoms with Crippen LogP contribution in [0.5, 0.6) is 0 Å². The summed E-state index contributed by atoms with van der Waals surface area (Å²) >= 11 is 5.55. The first-order valence-corrected chi connectivity index (χ1v) is 7.29. The molecule has 1 aliphatic heterocycles. The van der Waals surface area contributed by atoms with Gasteiger partial charge in [0.2, 0.25) is 5.91 Å². The van der Waals surface area contributed by atoms with E-state index in [4.69, 9.17) is 11.6 Å². The summed E-state index contributed by atoms with van der Waals surface area (Å²) in [5.41, 5.74) is -0.870. The molecule has 1 saturated heterocycles. The fourth-order valence-corrected chi connectivity index (χ4v) is 2.53. The summed E-state index contributed by atoms with van der Waals surface area (Å²) in [5, 5.41) is 5.31. The number of hydrogen-bond donors (Lipinski definition) is 2. The quantitative estimate of drug-likeness (QED) is 0.805. The third-order valence-corrected chi connectivity index (χ3v) is 3.95. The van der Waals surface area contributed by atoms with Crippen molar-refractivity contribution in [2.24, 2.45) is 0 Å². The molecule has 10 heteroatoms. The zero-order valence-electron chi connectivity index (χ0n) is 12.8. The molecule has 4 nitrogen and oxygen atoms in total. The summed E-state index contributed by atoms with van der Waals surface area (Å²) < 4.78 is 38.4. The summed E-state index contributed by atoms with van der Waals surface area (Å²) in [6.07, 6.45) is -4.55. The van der Waals surface area contributed by atoms with Gasteiger partial charge in [-0.1, -0.05) is 11.6 Å². The lowest BCUT2D eigenvalue weighted by molar-refractivity contribution is -0.137. The predicted molar refractivity (Wildman–Crippen MR) is 93.5 cm³/mol. The number of nitrogens with one attached hydrogen (secondary N) is 2. The molecule has 1 atom stereocenters. The predicted octanol–water partition coefficient (Wildman–Crippen LogP) is 3.43. The Labute approximate surface area is 155 Å². The first-order chi connectivity index (χ1) is 10.3. The summed E-state index contributed by atoms with van der Waals surface area (Å²) in [4.78, 5) is 14.1. The van der Waals surface area contributed by atoms with E-state index in [1.54, 1.807) is 6.92 Å². The van der Waals surface area contributed by atoms with E-state index in [0.717, 1.165) is 38.3 Å². The molecule has 0 radical (unpaired) electrons. The molecule has 0 saturated carbocycles. The molecule has 1 aliphatic rings. The molecule has 0 aromatic heterocycles. The molecule has 138 valence electrons. The second-order valence-corrected chi connectivity index (χ2v) is 5.55. The second-order valence-electron chi connectivity index (χ2n) is 5.14. The van der Waals surface area contributed by atoms with Crippen molar-refractivity contribution >= 4 is 48.0 Å². The molecule has 1 aromatic carbocycles. The molecular weight excluding hydrogens is 390 g/mol. The molecule has 0 aliphatic carbocycles. The van der Waals surface area contributed by atoms with Gasteiger partial charge in [0.05, 0.1) is 16.6 Å². The van der Waals surface area contributed by atoms with E-state index in [1.807, 2.05) is 4.90 Å². The SMILES string of the molecule is CC(C(=O)Nc1ccc(Cl)c(C(F)(F)F)c1)N1CCNCC1.Cl.Cl. The number of halogens is 6. The van der Waals surface area contributed by atoms with Crippen molar-refractivity contribution < 1.29 is 18.0 Å². The number of benzene rings is 1. The van der Waals surface area contributed by atoms with Crippen molar-refractivity contribution in [3.05, 3.63) is 28.8 Å². The maximum atomic E-state index is 12.8. The largest absolute Gasteiger partial charge is 0.417 e. The molecule has 2 rings (SSSR count). The fraction of sp³-hybridized carbons (Fsp3) is 0.500. The first kappa shape index (κ1) is 23.3. The van der Waals surface area contributed by atoms with Crippen LogP contribution in [0.1, 0.15) is 12.5 Å². The number of piperazine rings is 1. The van der Waals surface area contributed by atoms with Gasteiger partial charge in [-0.15, -0.1) is 24.8 Å². The lowest BCUT2D eigenvalue weighted by Crippen LogP contribution is -2.51. The number of carbonyl (C=O) groups excluding carboxylic acids is 1. The highest BCUT2D eigenvalue weighted by atomic mass is 35.5. The average Bonchev–Trinajstić information content (AvgIpc) is 2.48. The van der Waals surface area contributed by atoms with Crippen LogP contribution in [0.4, 0.5) is 18.9 Å². The van der Waals surface area contributed by atoms with Gasteiger partial charge in [0.15, 0.2) is 0 Å². The van der Waals surface area contributed by atoms with Crippen molar-refractivity contribution in [1.82, 2.24) is 10.2 Å². The van der Waals surface area contributed by atoms with Crippen LogP contribution in [-0.4, -0.2) is 43.0 Å². The van der Waals surface area contributed by atoms with Gasteiger partial charge in [0.1, 0.15) is 0 Å². The molecule has 1 amide bonds. The van der Waals surface area contributed by atoms with E-state index in [1.165, 1.54) is 6.07 Å². The minimum Gasteiger partial charge on any atom is -0.325 e. The van der Waals surface area contributed by atoms with Crippen LogP contribution in [0.3, 0.4) is 0 Å². The van der Waals surface area contributed by atoms with Gasteiger partial charge in [0.25, 0.3) is 0 Å². The van der Waals surface area contributed by atoms with E-state index in [0.29, 0.717) is 0 Å². The van der Waals surface area contributed by atoms with Gasteiger partial charge in [-0.05, 0) is 25.1 Å². The topological polar surface area (TPSA) is 44.4 Å². The van der Waals surface area contributed by atoms with Crippen LogP contribution in [0, 0.1) is 0 Å². The number of nitrogens with zero attached hydrogens (tertiary/aromatic N) is 1. The number of alkyl halides is 3. The Morgan fingerprint density at radius 2 is 1.88 bits per heavy atom. The highest BCUT2D eigenvalue weighted by molar-refractivity contribution is 6.31. The van der Waals surface area contributed by atoms with E-state index in [9.17, 15) is 18.0 Å². The maximum Gasteiger partial charge on any atom is 0.417 e. The summed E-state index contributed by atoms with van der Waals surface area (Å²) in [6, 6.07) is 2.94. The zero-order chi connectivity index (χ0) is 16.3. The average molecular weight is 409 g/mol. The molecule has 1 fully saturated rings. The minimum atomic E-state index is -4.55. The van der Waals surface area contributed by atoms with Crippen molar-refractivity contribution in [3.8, 4) is 0 Å². The van der Waals surface area contributed by atoms with Gasteiger partial charge >= 0.3 is 6.18 Å². The standard InChI is InChI=1S/C14H17ClF3N3O.2ClH/c1-9(21-6-4-19-5-7-21)13(22)20-10-2-3-12(15)11(8-10)14(16,17)18;;/h2-3,8-9,19H,4-7H2,1H3,(H,20,22);2*1H. The van der Waals surface area contributed by atoms with E-state index in [-0.39, 0.29) is 41.4 Å². The minimum absolute atomic E-state index is 0. The molecular formula is C14H19Cl3F3N3O. The summed E-state index contributed by atoms with van der Waals surface area (Å²) in [7, 11) is 0. The molecule has 0 bridgehead atoms. The third kappa shape index (κ3) is 5.97. The van der Waals surface area contributed by atoms with E-state index >= 15 is 0 Å². The van der Waals surface area contributed by atoms with Crippen LogP contribution in [0.15, 0.2) is 18.2 Å². The Hall–Kier alpha value is -0.730. The number of amides is 1. The van der Waals surface area contributed by atoms with Crippen molar-refractivity contribution in [2.75, 3.05) is 31.5 Å². The number of carbonyl (C=O) groups is 1. The third-order valence-electron chi connectivity index (χ3n) is 3.62. The smallest absolute Gasteiger partial charge is 0.325 e. The highest BCUT2D eigenvalue weighted by Crippen LogP contribution is 2.36. The maximum absolute atomic E-state index is 12.8. The van der Waals surface area contributed by atoms with Gasteiger partial charge in [-0.2, -0.15) is 13.2 Å². The highest BCUT2D eigenvalue weighted by Gasteiger charge is 2.33. The lowest BCUT2D eigenvalue weighted by Gasteiger charge is -2.31. The van der Waals surface area contributed by atoms with E-state index in [2.05, 4.69) is 10.6 Å². The normalized spacial score (nSPS) is 16.5. The van der Waals surface area contributed by atoms with Crippen LogP contribution < -0.4 is 10.6 Å². The van der Waals surface area contributed by atoms with Crippen molar-refractivity contribution in [2.45, 2.75) is 19.1 Å². The summed E-state index contributed by atoms with van der Waals surface area (Å²) in [5.74, 6) is -0.336. The molecule has 1 heterocycles. The Morgan fingerprint density at radius 3 is 2.42 bits per heavy atom. The van der Waals surface area contributed by atoms with Crippen molar-refractivity contribution in [1.29, 1.82) is 0 Å². The number of hydrogen-bond acceptors (Lipinski definition) is 3. The Balaban J connectivity index is 0.00000264. The van der Waals surface area contributed by atoms with Crippen LogP contribution in [-0.2, 0) is 11.0 Å². The molecule has 24 heavy (non-hydrogen) atoms. The number of anilines is 1. The fourth-order valence-electron chi connectivity index (χ4n) is 2.30. The van der Waals surface area contributed by atoms with Gasteiger partial charge in [-0.25, -0.2) is 0 Å². The van der Waals surface area contributed by atoms with Crippen molar-refractivity contribution in [3.63, 3.8) is 0 Å². The Morgan fingerprint density at radius 1 is 1.29 bits per heavy atom. The van der Waals surface area contributed by atoms with Gasteiger partial charge < -0.3 is 10.6 Å². The van der Waals surface area contributed by atoms with E-state index < -0.39 is 17.8 Å². The number of rotatable bonds is 3. The zero-order valence-corrected chi connectivity index (χ0v) is 15.2. The Bertz CT molecular complexity index is 552. The van der Waals surface area contributed by atoms with Crippen LogP contribution in [0.25, 0.3) is 0 Å². The lowest BCUT2D eigenvalue weighted by atomic mass is 10.1.